The van der Waals surface area contributed by atoms with Crippen LogP contribution >= 0.6 is 11.3 Å². The van der Waals surface area contributed by atoms with Gasteiger partial charge in [-0.3, -0.25) is 4.79 Å². The topological polar surface area (TPSA) is 46.3 Å². The van der Waals surface area contributed by atoms with Gasteiger partial charge in [-0.2, -0.15) is 0 Å². The first kappa shape index (κ1) is 11.1. The summed E-state index contributed by atoms with van der Waals surface area (Å²) in [4.78, 5) is 13.4. The SMILES string of the molecule is CC(N)C(=O)N(C)c1csc2ccccc12. The molecule has 1 atom stereocenters. The molecule has 0 fully saturated rings. The number of hydrogen-bond donors (Lipinski definition) is 1. The number of nitrogens with zero attached hydrogens (tertiary/aromatic N) is 1. The maximum atomic E-state index is 11.8. The van der Waals surface area contributed by atoms with Crippen LogP contribution in [0.25, 0.3) is 10.1 Å². The van der Waals surface area contributed by atoms with Crippen LogP contribution in [-0.4, -0.2) is 19.0 Å². The number of rotatable bonds is 2. The molecule has 16 heavy (non-hydrogen) atoms. The van der Waals surface area contributed by atoms with Crippen molar-refractivity contribution in [2.24, 2.45) is 5.73 Å². The smallest absolute Gasteiger partial charge is 0.243 e. The summed E-state index contributed by atoms with van der Waals surface area (Å²) in [5.41, 5.74) is 6.53. The van der Waals surface area contributed by atoms with Crippen LogP contribution in [0.5, 0.6) is 0 Å². The summed E-state index contributed by atoms with van der Waals surface area (Å²) < 4.78 is 1.18. The molecule has 0 bridgehead atoms. The Hall–Kier alpha value is -1.39. The Bertz CT molecular complexity index is 518. The van der Waals surface area contributed by atoms with Gasteiger partial charge in [0.2, 0.25) is 5.91 Å². The van der Waals surface area contributed by atoms with Crippen molar-refractivity contribution in [3.8, 4) is 0 Å². The Balaban J connectivity index is 2.44. The highest BCUT2D eigenvalue weighted by Crippen LogP contribution is 2.32. The van der Waals surface area contributed by atoms with Gasteiger partial charge in [0.1, 0.15) is 0 Å². The largest absolute Gasteiger partial charge is 0.320 e. The van der Waals surface area contributed by atoms with Crippen LogP contribution in [0.3, 0.4) is 0 Å². The first-order valence-corrected chi connectivity index (χ1v) is 5.98. The third-order valence-electron chi connectivity index (χ3n) is 2.54. The van der Waals surface area contributed by atoms with E-state index in [9.17, 15) is 4.79 Å². The zero-order valence-corrected chi connectivity index (χ0v) is 10.1. The second kappa shape index (κ2) is 4.23. The molecule has 0 saturated heterocycles. The van der Waals surface area contributed by atoms with Gasteiger partial charge in [0.05, 0.1) is 11.7 Å². The lowest BCUT2D eigenvalue weighted by atomic mass is 10.2. The molecule has 1 unspecified atom stereocenters. The number of hydrogen-bond acceptors (Lipinski definition) is 3. The summed E-state index contributed by atoms with van der Waals surface area (Å²) in [5, 5.41) is 3.09. The minimum atomic E-state index is -0.469. The molecule has 0 spiro atoms. The zero-order valence-electron chi connectivity index (χ0n) is 9.31. The van der Waals surface area contributed by atoms with E-state index in [1.807, 2.05) is 29.6 Å². The standard InChI is InChI=1S/C12H14N2OS/c1-8(13)12(15)14(2)10-7-16-11-6-4-3-5-9(10)11/h3-8H,13H2,1-2H3. The molecular weight excluding hydrogens is 220 g/mol. The van der Waals surface area contributed by atoms with Crippen LogP contribution in [0.2, 0.25) is 0 Å². The van der Waals surface area contributed by atoms with E-state index in [0.717, 1.165) is 11.1 Å². The fourth-order valence-electron chi connectivity index (χ4n) is 1.65. The molecule has 0 saturated carbocycles. The quantitative estimate of drug-likeness (QED) is 0.866. The minimum absolute atomic E-state index is 0.0662. The predicted octanol–water partition coefficient (Wildman–Crippen LogP) is 2.21. The Morgan fingerprint density at radius 1 is 1.44 bits per heavy atom. The van der Waals surface area contributed by atoms with Crippen molar-refractivity contribution in [3.05, 3.63) is 29.6 Å². The minimum Gasteiger partial charge on any atom is -0.320 e. The number of nitrogens with two attached hydrogens (primary N) is 1. The molecule has 2 aromatic rings. The Labute approximate surface area is 98.5 Å². The van der Waals surface area contributed by atoms with Gasteiger partial charge in [0, 0.05) is 22.5 Å². The number of likely N-dealkylation sites (N-methyl/N-ethyl adjacent to an activating group) is 1. The van der Waals surface area contributed by atoms with Crippen molar-refractivity contribution >= 4 is 33.0 Å². The lowest BCUT2D eigenvalue weighted by Crippen LogP contribution is -2.39. The normalized spacial score (nSPS) is 12.7. The van der Waals surface area contributed by atoms with Crippen molar-refractivity contribution in [1.82, 2.24) is 0 Å². The molecule has 0 aliphatic heterocycles. The zero-order chi connectivity index (χ0) is 11.7. The van der Waals surface area contributed by atoms with Gasteiger partial charge in [-0.05, 0) is 13.0 Å². The summed E-state index contributed by atoms with van der Waals surface area (Å²) in [5.74, 6) is -0.0662. The number of fused-ring (bicyclic) bond motifs is 1. The highest BCUT2D eigenvalue weighted by molar-refractivity contribution is 7.17. The molecular formula is C12H14N2OS. The number of carbonyl (C=O) groups is 1. The summed E-state index contributed by atoms with van der Waals surface area (Å²) in [6.07, 6.45) is 0. The van der Waals surface area contributed by atoms with Crippen molar-refractivity contribution in [1.29, 1.82) is 0 Å². The molecule has 1 aromatic heterocycles. The first-order chi connectivity index (χ1) is 7.61. The van der Waals surface area contributed by atoms with Crippen molar-refractivity contribution in [2.45, 2.75) is 13.0 Å². The third kappa shape index (κ3) is 1.81. The van der Waals surface area contributed by atoms with Gasteiger partial charge < -0.3 is 10.6 Å². The van der Waals surface area contributed by atoms with Gasteiger partial charge in [-0.25, -0.2) is 0 Å². The number of anilines is 1. The van der Waals surface area contributed by atoms with Gasteiger partial charge in [-0.1, -0.05) is 18.2 Å². The molecule has 0 radical (unpaired) electrons. The van der Waals surface area contributed by atoms with E-state index in [0.29, 0.717) is 0 Å². The van der Waals surface area contributed by atoms with Crippen LogP contribution in [-0.2, 0) is 4.79 Å². The van der Waals surface area contributed by atoms with Crippen molar-refractivity contribution in [3.63, 3.8) is 0 Å². The molecule has 1 aromatic carbocycles. The number of amides is 1. The van der Waals surface area contributed by atoms with E-state index < -0.39 is 6.04 Å². The summed E-state index contributed by atoms with van der Waals surface area (Å²) in [7, 11) is 1.76. The third-order valence-corrected chi connectivity index (χ3v) is 3.49. The van der Waals surface area contributed by atoms with Gasteiger partial charge in [0.25, 0.3) is 0 Å². The average Bonchev–Trinajstić information content (AvgIpc) is 2.70. The van der Waals surface area contributed by atoms with Crippen LogP contribution in [0.1, 0.15) is 6.92 Å². The van der Waals surface area contributed by atoms with E-state index in [-0.39, 0.29) is 5.91 Å². The molecule has 4 heteroatoms. The van der Waals surface area contributed by atoms with Crippen molar-refractivity contribution in [2.75, 3.05) is 11.9 Å². The number of thiophene rings is 1. The Morgan fingerprint density at radius 2 is 2.12 bits per heavy atom. The number of carbonyl (C=O) groups excluding carboxylic acids is 1. The highest BCUT2D eigenvalue weighted by atomic mass is 32.1. The van der Waals surface area contributed by atoms with Crippen LogP contribution < -0.4 is 10.6 Å². The van der Waals surface area contributed by atoms with E-state index in [1.165, 1.54) is 4.70 Å². The summed E-state index contributed by atoms with van der Waals surface area (Å²) in [6, 6.07) is 7.57. The lowest BCUT2D eigenvalue weighted by Gasteiger charge is -2.18. The molecule has 84 valence electrons. The van der Waals surface area contributed by atoms with E-state index in [1.54, 1.807) is 30.2 Å². The molecule has 1 amide bonds. The molecule has 2 rings (SSSR count). The number of benzene rings is 1. The summed E-state index contributed by atoms with van der Waals surface area (Å²) in [6.45, 7) is 1.70. The highest BCUT2D eigenvalue weighted by Gasteiger charge is 2.17. The first-order valence-electron chi connectivity index (χ1n) is 5.10. The molecule has 3 nitrogen and oxygen atoms in total. The molecule has 2 N–H and O–H groups in total. The fourth-order valence-corrected chi connectivity index (χ4v) is 2.63. The fraction of sp³-hybridized carbons (Fsp3) is 0.250. The summed E-state index contributed by atoms with van der Waals surface area (Å²) >= 11 is 1.64. The molecule has 0 aliphatic carbocycles. The maximum Gasteiger partial charge on any atom is 0.243 e. The van der Waals surface area contributed by atoms with E-state index >= 15 is 0 Å². The monoisotopic (exact) mass is 234 g/mol. The lowest BCUT2D eigenvalue weighted by molar-refractivity contribution is -0.119. The second-order valence-corrected chi connectivity index (χ2v) is 4.71. The molecule has 0 aliphatic rings. The van der Waals surface area contributed by atoms with Gasteiger partial charge in [-0.15, -0.1) is 11.3 Å². The van der Waals surface area contributed by atoms with E-state index in [2.05, 4.69) is 0 Å². The Kier molecular flexibility index (Phi) is 2.94. The second-order valence-electron chi connectivity index (χ2n) is 3.80. The van der Waals surface area contributed by atoms with Crippen LogP contribution in [0.4, 0.5) is 5.69 Å². The van der Waals surface area contributed by atoms with Crippen LogP contribution in [0, 0.1) is 0 Å². The Morgan fingerprint density at radius 3 is 2.81 bits per heavy atom. The average molecular weight is 234 g/mol. The molecule has 1 heterocycles. The van der Waals surface area contributed by atoms with Gasteiger partial charge >= 0.3 is 0 Å². The maximum absolute atomic E-state index is 11.8. The van der Waals surface area contributed by atoms with Crippen LogP contribution in [0.15, 0.2) is 29.6 Å². The van der Waals surface area contributed by atoms with Crippen molar-refractivity contribution < 1.29 is 4.79 Å². The van der Waals surface area contributed by atoms with Gasteiger partial charge in [0.15, 0.2) is 0 Å². The van der Waals surface area contributed by atoms with E-state index in [4.69, 9.17) is 5.73 Å². The predicted molar refractivity (Wildman–Crippen MR) is 68.9 cm³/mol.